The Hall–Kier alpha value is -1.61. The Labute approximate surface area is 113 Å². The van der Waals surface area contributed by atoms with Crippen molar-refractivity contribution in [1.82, 2.24) is 4.98 Å². The van der Waals surface area contributed by atoms with Gasteiger partial charge in [0.1, 0.15) is 0 Å². The second-order valence-corrected chi connectivity index (χ2v) is 5.32. The zero-order chi connectivity index (χ0) is 13.2. The van der Waals surface area contributed by atoms with Gasteiger partial charge in [-0.1, -0.05) is 31.5 Å². The van der Waals surface area contributed by atoms with Crippen LogP contribution in [0.4, 0.5) is 5.69 Å². The van der Waals surface area contributed by atoms with Crippen LogP contribution in [0.25, 0.3) is 10.9 Å². The second-order valence-electron chi connectivity index (χ2n) is 5.32. The van der Waals surface area contributed by atoms with E-state index in [1.54, 1.807) is 0 Å². The third-order valence-corrected chi connectivity index (χ3v) is 4.11. The molecule has 0 bridgehead atoms. The highest BCUT2D eigenvalue weighted by atomic mass is 16.3. The molecule has 3 rings (SSSR count). The summed E-state index contributed by atoms with van der Waals surface area (Å²) in [6.45, 7) is 4.49. The van der Waals surface area contributed by atoms with Crippen LogP contribution >= 0.6 is 0 Å². The first-order valence-electron chi connectivity index (χ1n) is 7.06. The van der Waals surface area contributed by atoms with Crippen LogP contribution in [0.1, 0.15) is 25.5 Å². The molecule has 3 heteroatoms. The highest BCUT2D eigenvalue weighted by Gasteiger charge is 2.22. The molecule has 2 heterocycles. The molecule has 2 aromatic rings. The molecule has 1 N–H and O–H groups in total. The fourth-order valence-corrected chi connectivity index (χ4v) is 2.94. The first-order chi connectivity index (χ1) is 9.31. The van der Waals surface area contributed by atoms with Crippen molar-refractivity contribution in [2.45, 2.75) is 26.4 Å². The number of nitrogens with zero attached hydrogens (tertiary/aromatic N) is 2. The second kappa shape index (κ2) is 5.17. The Balaban J connectivity index is 2.06. The lowest BCUT2D eigenvalue weighted by Crippen LogP contribution is -2.20. The number of aromatic nitrogens is 1. The molecule has 1 aromatic carbocycles. The van der Waals surface area contributed by atoms with Gasteiger partial charge in [0.2, 0.25) is 0 Å². The van der Waals surface area contributed by atoms with Crippen LogP contribution in [-0.2, 0) is 6.61 Å². The number of aliphatic hydroxyl groups is 1. The molecule has 0 radical (unpaired) electrons. The maximum absolute atomic E-state index is 9.38. The van der Waals surface area contributed by atoms with Gasteiger partial charge in [0.25, 0.3) is 0 Å². The van der Waals surface area contributed by atoms with Gasteiger partial charge in [-0.3, -0.25) is 4.98 Å². The monoisotopic (exact) mass is 256 g/mol. The van der Waals surface area contributed by atoms with Crippen LogP contribution in [0, 0.1) is 5.92 Å². The summed E-state index contributed by atoms with van der Waals surface area (Å²) in [4.78, 5) is 6.93. The van der Waals surface area contributed by atoms with Gasteiger partial charge in [-0.2, -0.15) is 0 Å². The molecule has 1 fully saturated rings. The van der Waals surface area contributed by atoms with Gasteiger partial charge >= 0.3 is 0 Å². The smallest absolute Gasteiger partial charge is 0.0854 e. The Morgan fingerprint density at radius 3 is 2.95 bits per heavy atom. The van der Waals surface area contributed by atoms with E-state index in [0.29, 0.717) is 0 Å². The first-order valence-corrected chi connectivity index (χ1v) is 7.06. The van der Waals surface area contributed by atoms with E-state index in [9.17, 15) is 5.11 Å². The van der Waals surface area contributed by atoms with Crippen molar-refractivity contribution in [3.8, 4) is 0 Å². The van der Waals surface area contributed by atoms with Crippen LogP contribution in [0.5, 0.6) is 0 Å². The fourth-order valence-electron chi connectivity index (χ4n) is 2.94. The van der Waals surface area contributed by atoms with Crippen LogP contribution in [0.15, 0.2) is 30.3 Å². The summed E-state index contributed by atoms with van der Waals surface area (Å²) in [5.74, 6) is 0.796. The maximum Gasteiger partial charge on any atom is 0.0854 e. The Bertz CT molecular complexity index is 582. The minimum absolute atomic E-state index is 0.00286. The van der Waals surface area contributed by atoms with E-state index in [4.69, 9.17) is 0 Å². The lowest BCUT2D eigenvalue weighted by atomic mass is 10.1. The molecule has 100 valence electrons. The van der Waals surface area contributed by atoms with Crippen molar-refractivity contribution >= 4 is 16.6 Å². The van der Waals surface area contributed by atoms with Gasteiger partial charge < -0.3 is 10.0 Å². The van der Waals surface area contributed by atoms with Crippen LogP contribution in [0.2, 0.25) is 0 Å². The number of pyridine rings is 1. The minimum atomic E-state index is 0.00286. The summed E-state index contributed by atoms with van der Waals surface area (Å²) < 4.78 is 0. The van der Waals surface area contributed by atoms with Crippen molar-refractivity contribution in [2.75, 3.05) is 18.0 Å². The van der Waals surface area contributed by atoms with Gasteiger partial charge in [-0.25, -0.2) is 0 Å². The lowest BCUT2D eigenvalue weighted by molar-refractivity contribution is 0.277. The number of benzene rings is 1. The minimum Gasteiger partial charge on any atom is -0.390 e. The van der Waals surface area contributed by atoms with Gasteiger partial charge in [-0.15, -0.1) is 0 Å². The zero-order valence-corrected chi connectivity index (χ0v) is 11.3. The molecule has 1 saturated heterocycles. The molecular formula is C16H20N2O. The molecule has 19 heavy (non-hydrogen) atoms. The number of anilines is 1. The predicted molar refractivity (Wildman–Crippen MR) is 78.3 cm³/mol. The maximum atomic E-state index is 9.38. The molecule has 3 nitrogen and oxygen atoms in total. The Kier molecular flexibility index (Phi) is 3.38. The van der Waals surface area contributed by atoms with Crippen LogP contribution in [0.3, 0.4) is 0 Å². The van der Waals surface area contributed by atoms with Crippen molar-refractivity contribution in [3.63, 3.8) is 0 Å². The normalized spacial score (nSPS) is 19.3. The lowest BCUT2D eigenvalue weighted by Gasteiger charge is -2.21. The summed E-state index contributed by atoms with van der Waals surface area (Å²) in [5, 5.41) is 10.6. The van der Waals surface area contributed by atoms with E-state index in [-0.39, 0.29) is 6.61 Å². The molecule has 1 aliphatic rings. The fraction of sp³-hybridized carbons (Fsp3) is 0.438. The molecule has 0 spiro atoms. The van der Waals surface area contributed by atoms with E-state index in [1.807, 2.05) is 18.2 Å². The standard InChI is InChI=1S/C16H20N2O/c1-2-12-7-8-18(10-12)16-9-13(11-19)17-15-6-4-3-5-14(15)16/h3-6,9,12,19H,2,7-8,10-11H2,1H3. The molecule has 0 amide bonds. The third kappa shape index (κ3) is 2.30. The molecule has 1 aromatic heterocycles. The van der Waals surface area contributed by atoms with Gasteiger partial charge in [0, 0.05) is 24.2 Å². The van der Waals surface area contributed by atoms with Gasteiger partial charge in [-0.05, 0) is 24.5 Å². The summed E-state index contributed by atoms with van der Waals surface area (Å²) >= 11 is 0. The molecule has 1 unspecified atom stereocenters. The van der Waals surface area contributed by atoms with E-state index in [2.05, 4.69) is 28.9 Å². The van der Waals surface area contributed by atoms with Crippen molar-refractivity contribution in [2.24, 2.45) is 5.92 Å². The highest BCUT2D eigenvalue weighted by Crippen LogP contribution is 2.31. The number of hydrogen-bond donors (Lipinski definition) is 1. The molecule has 0 aliphatic carbocycles. The van der Waals surface area contributed by atoms with E-state index in [0.717, 1.165) is 30.2 Å². The summed E-state index contributed by atoms with van der Waals surface area (Å²) in [6, 6.07) is 10.2. The van der Waals surface area contributed by atoms with Crippen LogP contribution < -0.4 is 4.90 Å². The SMILES string of the molecule is CCC1CCN(c2cc(CO)nc3ccccc23)C1. The molecule has 1 atom stereocenters. The predicted octanol–water partition coefficient (Wildman–Crippen LogP) is 2.96. The number of para-hydroxylation sites is 1. The van der Waals surface area contributed by atoms with Gasteiger partial charge in [0.15, 0.2) is 0 Å². The average Bonchev–Trinajstić information content (AvgIpc) is 2.94. The third-order valence-electron chi connectivity index (χ3n) is 4.11. The van der Waals surface area contributed by atoms with Crippen molar-refractivity contribution in [3.05, 3.63) is 36.0 Å². The Morgan fingerprint density at radius 1 is 1.37 bits per heavy atom. The summed E-state index contributed by atoms with van der Waals surface area (Å²) in [7, 11) is 0. The number of aliphatic hydroxyl groups excluding tert-OH is 1. The average molecular weight is 256 g/mol. The molecular weight excluding hydrogens is 236 g/mol. The van der Waals surface area contributed by atoms with Crippen molar-refractivity contribution in [1.29, 1.82) is 0 Å². The van der Waals surface area contributed by atoms with Gasteiger partial charge in [0.05, 0.1) is 17.8 Å². The number of hydrogen-bond acceptors (Lipinski definition) is 3. The summed E-state index contributed by atoms with van der Waals surface area (Å²) in [6.07, 6.45) is 2.51. The van der Waals surface area contributed by atoms with E-state index in [1.165, 1.54) is 23.9 Å². The van der Waals surface area contributed by atoms with E-state index < -0.39 is 0 Å². The number of fused-ring (bicyclic) bond motifs is 1. The quantitative estimate of drug-likeness (QED) is 0.917. The Morgan fingerprint density at radius 2 is 2.21 bits per heavy atom. The van der Waals surface area contributed by atoms with Crippen LogP contribution in [-0.4, -0.2) is 23.2 Å². The highest BCUT2D eigenvalue weighted by molar-refractivity contribution is 5.92. The largest absolute Gasteiger partial charge is 0.390 e. The molecule has 0 saturated carbocycles. The van der Waals surface area contributed by atoms with Crippen molar-refractivity contribution < 1.29 is 5.11 Å². The topological polar surface area (TPSA) is 36.4 Å². The first kappa shape index (κ1) is 12.4. The van der Waals surface area contributed by atoms with E-state index >= 15 is 0 Å². The zero-order valence-electron chi connectivity index (χ0n) is 11.3. The number of rotatable bonds is 3. The summed E-state index contributed by atoms with van der Waals surface area (Å²) in [5.41, 5.74) is 2.96. The molecule has 1 aliphatic heterocycles.